The smallest absolute Gasteiger partial charge is 0.164 e. The SMILES string of the molecule is C=C[C@@H]1OC(C)(C)O[C@@H]1[C@H](O)[C@H]1COC(C)(C)O1. The van der Waals surface area contributed by atoms with E-state index in [0.29, 0.717) is 6.61 Å². The molecule has 0 amide bonds. The second-order valence-corrected chi connectivity index (χ2v) is 5.66. The van der Waals surface area contributed by atoms with Crippen LogP contribution in [0.25, 0.3) is 0 Å². The highest BCUT2D eigenvalue weighted by Crippen LogP contribution is 2.34. The van der Waals surface area contributed by atoms with E-state index in [-0.39, 0.29) is 6.10 Å². The summed E-state index contributed by atoms with van der Waals surface area (Å²) in [5.74, 6) is -1.39. The summed E-state index contributed by atoms with van der Waals surface area (Å²) < 4.78 is 22.5. The fraction of sp³-hybridized carbons (Fsp3) is 0.846. The molecule has 2 aliphatic heterocycles. The van der Waals surface area contributed by atoms with Crippen molar-refractivity contribution in [1.29, 1.82) is 0 Å². The minimum atomic E-state index is -0.809. The van der Waals surface area contributed by atoms with Crippen LogP contribution in [0.1, 0.15) is 27.7 Å². The van der Waals surface area contributed by atoms with Gasteiger partial charge in [-0.1, -0.05) is 6.08 Å². The Morgan fingerprint density at radius 3 is 2.33 bits per heavy atom. The van der Waals surface area contributed by atoms with E-state index in [2.05, 4.69) is 6.58 Å². The Kier molecular flexibility index (Phi) is 3.55. The van der Waals surface area contributed by atoms with Gasteiger partial charge in [0.2, 0.25) is 0 Å². The van der Waals surface area contributed by atoms with E-state index in [1.165, 1.54) is 0 Å². The molecule has 2 saturated heterocycles. The van der Waals surface area contributed by atoms with Crippen molar-refractivity contribution in [1.82, 2.24) is 0 Å². The van der Waals surface area contributed by atoms with Crippen LogP contribution in [0, 0.1) is 0 Å². The van der Waals surface area contributed by atoms with Crippen LogP contribution >= 0.6 is 0 Å². The van der Waals surface area contributed by atoms with Crippen molar-refractivity contribution in [2.75, 3.05) is 6.61 Å². The third-order valence-electron chi connectivity index (χ3n) is 3.14. The van der Waals surface area contributed by atoms with E-state index >= 15 is 0 Å². The zero-order valence-electron chi connectivity index (χ0n) is 11.4. The molecule has 0 unspecified atom stereocenters. The number of hydrogen-bond donors (Lipinski definition) is 1. The van der Waals surface area contributed by atoms with Crippen LogP contribution in [0.4, 0.5) is 0 Å². The lowest BCUT2D eigenvalue weighted by Crippen LogP contribution is -2.44. The third kappa shape index (κ3) is 2.75. The first kappa shape index (κ1) is 14.0. The molecule has 104 valence electrons. The molecule has 5 heteroatoms. The molecule has 0 saturated carbocycles. The summed E-state index contributed by atoms with van der Waals surface area (Å²) in [6, 6.07) is 0. The summed E-state index contributed by atoms with van der Waals surface area (Å²) in [4.78, 5) is 0. The molecule has 0 radical (unpaired) electrons. The summed E-state index contributed by atoms with van der Waals surface area (Å²) in [5.41, 5.74) is 0. The Bertz CT molecular complexity index is 325. The van der Waals surface area contributed by atoms with Crippen molar-refractivity contribution >= 4 is 0 Å². The maximum absolute atomic E-state index is 10.4. The fourth-order valence-electron chi connectivity index (χ4n) is 2.36. The summed E-state index contributed by atoms with van der Waals surface area (Å²) in [7, 11) is 0. The lowest BCUT2D eigenvalue weighted by atomic mass is 10.0. The van der Waals surface area contributed by atoms with E-state index < -0.39 is 29.9 Å². The van der Waals surface area contributed by atoms with E-state index in [4.69, 9.17) is 18.9 Å². The van der Waals surface area contributed by atoms with Gasteiger partial charge in [0, 0.05) is 0 Å². The normalized spacial score (nSPS) is 39.7. The van der Waals surface area contributed by atoms with Crippen molar-refractivity contribution in [2.24, 2.45) is 0 Å². The second-order valence-electron chi connectivity index (χ2n) is 5.66. The summed E-state index contributed by atoms with van der Waals surface area (Å²) in [6.07, 6.45) is -0.410. The highest BCUT2D eigenvalue weighted by atomic mass is 16.8. The molecule has 0 spiro atoms. The summed E-state index contributed by atoms with van der Waals surface area (Å²) in [5, 5.41) is 10.4. The molecule has 4 atom stereocenters. The van der Waals surface area contributed by atoms with Crippen LogP contribution in [0.3, 0.4) is 0 Å². The van der Waals surface area contributed by atoms with Gasteiger partial charge in [-0.2, -0.15) is 0 Å². The molecule has 1 N–H and O–H groups in total. The van der Waals surface area contributed by atoms with Gasteiger partial charge in [-0.25, -0.2) is 0 Å². The summed E-state index contributed by atoms with van der Waals surface area (Å²) >= 11 is 0. The molecule has 0 aliphatic carbocycles. The molecule has 0 bridgehead atoms. The molecule has 2 fully saturated rings. The van der Waals surface area contributed by atoms with Crippen molar-refractivity contribution in [2.45, 2.75) is 63.7 Å². The topological polar surface area (TPSA) is 57.2 Å². The lowest BCUT2D eigenvalue weighted by Gasteiger charge is -2.26. The standard InChI is InChI=1S/C13H22O5/c1-6-8-11(18-13(4,5)16-8)10(14)9-7-15-12(2,3)17-9/h6,8-11,14H,1,7H2,2-5H3/t8-,9+,10+,11-/m0/s1. The molecule has 2 aliphatic rings. The van der Waals surface area contributed by atoms with Gasteiger partial charge in [0.1, 0.15) is 24.4 Å². The molecule has 0 aromatic heterocycles. The van der Waals surface area contributed by atoms with Gasteiger partial charge in [-0.15, -0.1) is 6.58 Å². The zero-order valence-corrected chi connectivity index (χ0v) is 11.4. The molecule has 0 aromatic carbocycles. The number of ether oxygens (including phenoxy) is 4. The molecule has 2 heterocycles. The molecule has 0 aromatic rings. The van der Waals surface area contributed by atoms with Gasteiger partial charge in [-0.05, 0) is 27.7 Å². The Balaban J connectivity index is 2.05. The van der Waals surface area contributed by atoms with Crippen molar-refractivity contribution < 1.29 is 24.1 Å². The first-order valence-corrected chi connectivity index (χ1v) is 6.22. The van der Waals surface area contributed by atoms with E-state index in [1.54, 1.807) is 6.08 Å². The summed E-state index contributed by atoms with van der Waals surface area (Å²) in [6.45, 7) is 11.3. The molecule has 18 heavy (non-hydrogen) atoms. The van der Waals surface area contributed by atoms with E-state index in [9.17, 15) is 5.11 Å². The second kappa shape index (κ2) is 4.58. The fourth-order valence-corrected chi connectivity index (χ4v) is 2.36. The molecule has 5 nitrogen and oxygen atoms in total. The van der Waals surface area contributed by atoms with Gasteiger partial charge < -0.3 is 24.1 Å². The quantitative estimate of drug-likeness (QED) is 0.771. The van der Waals surface area contributed by atoms with Crippen LogP contribution in [0.2, 0.25) is 0 Å². The Hall–Kier alpha value is -0.460. The molecule has 2 rings (SSSR count). The van der Waals surface area contributed by atoms with Crippen LogP contribution in [-0.4, -0.2) is 47.7 Å². The number of aliphatic hydroxyl groups excluding tert-OH is 1. The van der Waals surface area contributed by atoms with Gasteiger partial charge in [0.05, 0.1) is 6.61 Å². The predicted molar refractivity (Wildman–Crippen MR) is 64.9 cm³/mol. The Labute approximate surface area is 108 Å². The number of hydrogen-bond acceptors (Lipinski definition) is 5. The van der Waals surface area contributed by atoms with Crippen LogP contribution in [0.5, 0.6) is 0 Å². The van der Waals surface area contributed by atoms with Crippen LogP contribution in [0.15, 0.2) is 12.7 Å². The number of rotatable bonds is 3. The van der Waals surface area contributed by atoms with Crippen LogP contribution < -0.4 is 0 Å². The highest BCUT2D eigenvalue weighted by Gasteiger charge is 2.48. The van der Waals surface area contributed by atoms with Crippen molar-refractivity contribution in [3.05, 3.63) is 12.7 Å². The van der Waals surface area contributed by atoms with Crippen LogP contribution in [-0.2, 0) is 18.9 Å². The Morgan fingerprint density at radius 1 is 1.17 bits per heavy atom. The first-order valence-electron chi connectivity index (χ1n) is 6.22. The monoisotopic (exact) mass is 258 g/mol. The average Bonchev–Trinajstić information content (AvgIpc) is 2.77. The minimum absolute atomic E-state index is 0.345. The highest BCUT2D eigenvalue weighted by molar-refractivity contribution is 4.99. The maximum Gasteiger partial charge on any atom is 0.164 e. The molecular formula is C13H22O5. The van der Waals surface area contributed by atoms with E-state index in [0.717, 1.165) is 0 Å². The van der Waals surface area contributed by atoms with Gasteiger partial charge in [0.15, 0.2) is 11.6 Å². The predicted octanol–water partition coefficient (Wildman–Crippen LogP) is 1.20. The van der Waals surface area contributed by atoms with Crippen molar-refractivity contribution in [3.8, 4) is 0 Å². The minimum Gasteiger partial charge on any atom is -0.387 e. The average molecular weight is 258 g/mol. The zero-order chi connectivity index (χ0) is 13.6. The Morgan fingerprint density at radius 2 is 1.83 bits per heavy atom. The first-order chi connectivity index (χ1) is 8.24. The van der Waals surface area contributed by atoms with Gasteiger partial charge in [-0.3, -0.25) is 0 Å². The van der Waals surface area contributed by atoms with Crippen molar-refractivity contribution in [3.63, 3.8) is 0 Å². The third-order valence-corrected chi connectivity index (χ3v) is 3.14. The van der Waals surface area contributed by atoms with Gasteiger partial charge in [0.25, 0.3) is 0 Å². The molecular weight excluding hydrogens is 236 g/mol. The van der Waals surface area contributed by atoms with E-state index in [1.807, 2.05) is 27.7 Å². The largest absolute Gasteiger partial charge is 0.387 e. The lowest BCUT2D eigenvalue weighted by molar-refractivity contribution is -0.178. The van der Waals surface area contributed by atoms with Gasteiger partial charge >= 0.3 is 0 Å². The number of aliphatic hydroxyl groups is 1. The maximum atomic E-state index is 10.4.